The van der Waals surface area contributed by atoms with Crippen molar-refractivity contribution >= 4 is 40.0 Å². The summed E-state index contributed by atoms with van der Waals surface area (Å²) in [6.45, 7) is 0. The zero-order valence-electron chi connectivity index (χ0n) is 31.6. The SMILES string of the molecule is [2H]c1c([2H])c([2H])c(-c2ccc(N(c3ccc(-c4ccccc4)cc3)c3ccc(-c4ccc5c6c(ccc(-c7ccccc7)c46)C=C5)cc3)cc2)c([2H])c1[2H]. The van der Waals surface area contributed by atoms with Crippen molar-refractivity contribution in [3.63, 3.8) is 0 Å². The van der Waals surface area contributed by atoms with Crippen LogP contribution in [0.4, 0.5) is 17.1 Å². The van der Waals surface area contributed by atoms with Crippen molar-refractivity contribution in [1.82, 2.24) is 0 Å². The zero-order valence-corrected chi connectivity index (χ0v) is 26.6. The lowest BCUT2D eigenvalue weighted by Crippen LogP contribution is -2.09. The highest BCUT2D eigenvalue weighted by atomic mass is 15.1. The van der Waals surface area contributed by atoms with E-state index in [2.05, 4.69) is 132 Å². The Morgan fingerprint density at radius 3 is 1.24 bits per heavy atom. The Morgan fingerprint density at radius 2 is 0.735 bits per heavy atom. The van der Waals surface area contributed by atoms with Crippen LogP contribution in [0.5, 0.6) is 0 Å². The lowest BCUT2D eigenvalue weighted by atomic mass is 9.89. The Labute approximate surface area is 294 Å². The van der Waals surface area contributed by atoms with E-state index in [0.29, 0.717) is 5.56 Å². The van der Waals surface area contributed by atoms with Crippen LogP contribution in [0.25, 0.3) is 67.4 Å². The van der Waals surface area contributed by atoms with Crippen LogP contribution < -0.4 is 4.90 Å². The monoisotopic (exact) mass is 628 g/mol. The number of benzene rings is 8. The summed E-state index contributed by atoms with van der Waals surface area (Å²) in [5.41, 5.74) is 12.9. The molecule has 49 heavy (non-hydrogen) atoms. The molecule has 1 heteroatoms. The molecule has 0 bridgehead atoms. The molecule has 0 radical (unpaired) electrons. The first-order valence-electron chi connectivity index (χ1n) is 18.9. The molecule has 0 aliphatic heterocycles. The molecule has 0 N–H and O–H groups in total. The van der Waals surface area contributed by atoms with Crippen LogP contribution in [0, 0.1) is 0 Å². The minimum Gasteiger partial charge on any atom is -0.311 e. The highest BCUT2D eigenvalue weighted by molar-refractivity contribution is 6.15. The van der Waals surface area contributed by atoms with E-state index < -0.39 is 6.04 Å². The van der Waals surface area contributed by atoms with E-state index in [1.807, 2.05) is 42.5 Å². The predicted octanol–water partition coefficient (Wildman–Crippen LogP) is 13.5. The molecule has 8 aromatic carbocycles. The van der Waals surface area contributed by atoms with Gasteiger partial charge in [0.25, 0.3) is 0 Å². The number of hydrogen-bond acceptors (Lipinski definition) is 1. The molecule has 0 aromatic heterocycles. The van der Waals surface area contributed by atoms with Crippen LogP contribution in [0.15, 0.2) is 188 Å². The molecule has 9 rings (SSSR count). The van der Waals surface area contributed by atoms with Crippen molar-refractivity contribution in [3.05, 3.63) is 199 Å². The van der Waals surface area contributed by atoms with Gasteiger partial charge in [0.1, 0.15) is 0 Å². The topological polar surface area (TPSA) is 3.24 Å². The van der Waals surface area contributed by atoms with E-state index in [-0.39, 0.29) is 29.7 Å². The average Bonchev–Trinajstić information content (AvgIpc) is 3.66. The van der Waals surface area contributed by atoms with E-state index in [1.165, 1.54) is 38.6 Å². The highest BCUT2D eigenvalue weighted by Crippen LogP contribution is 2.44. The molecule has 1 aliphatic rings. The molecule has 0 fully saturated rings. The number of anilines is 3. The molecule has 0 heterocycles. The van der Waals surface area contributed by atoms with Gasteiger partial charge in [-0.3, -0.25) is 0 Å². The standard InChI is InChI=1S/C48H33N/c1-4-10-34(11-5-1)36-18-26-42(27-19-36)49(43-28-20-37(21-29-43)35-12-6-2-7-13-35)44-30-22-39(23-31-44)46-33-25-41-17-16-40-24-32-45(48(46)47(40)41)38-14-8-3-9-15-38/h1-33H/i1D,4D,5D,10D,11D. The third-order valence-electron chi connectivity index (χ3n) is 9.34. The summed E-state index contributed by atoms with van der Waals surface area (Å²) in [6, 6.07) is 52.9. The van der Waals surface area contributed by atoms with Crippen molar-refractivity contribution < 1.29 is 6.85 Å². The van der Waals surface area contributed by atoms with Crippen molar-refractivity contribution in [2.45, 2.75) is 0 Å². The van der Waals surface area contributed by atoms with E-state index in [4.69, 9.17) is 6.85 Å². The van der Waals surface area contributed by atoms with Gasteiger partial charge in [-0.15, -0.1) is 0 Å². The van der Waals surface area contributed by atoms with Gasteiger partial charge in [0, 0.05) is 17.1 Å². The van der Waals surface area contributed by atoms with E-state index in [9.17, 15) is 0 Å². The molecule has 230 valence electrons. The summed E-state index contributed by atoms with van der Waals surface area (Å²) >= 11 is 0. The number of rotatable bonds is 7. The van der Waals surface area contributed by atoms with Crippen LogP contribution in [0.1, 0.15) is 18.0 Å². The van der Waals surface area contributed by atoms with E-state index in [0.717, 1.165) is 33.8 Å². The maximum Gasteiger partial charge on any atom is 0.0629 e. The Kier molecular flexibility index (Phi) is 5.98. The minimum atomic E-state index is -0.399. The van der Waals surface area contributed by atoms with Crippen molar-refractivity contribution in [2.75, 3.05) is 4.90 Å². The van der Waals surface area contributed by atoms with Crippen LogP contribution in [0.2, 0.25) is 0 Å². The van der Waals surface area contributed by atoms with Gasteiger partial charge in [0.15, 0.2) is 0 Å². The fraction of sp³-hybridized carbons (Fsp3) is 0. The Balaban J connectivity index is 1.15. The van der Waals surface area contributed by atoms with Gasteiger partial charge in [-0.25, -0.2) is 0 Å². The molecule has 0 saturated carbocycles. The lowest BCUT2D eigenvalue weighted by Gasteiger charge is -2.26. The maximum absolute atomic E-state index is 8.51. The molecule has 0 amide bonds. The van der Waals surface area contributed by atoms with Crippen molar-refractivity contribution in [2.24, 2.45) is 0 Å². The predicted molar refractivity (Wildman–Crippen MR) is 209 cm³/mol. The van der Waals surface area contributed by atoms with Gasteiger partial charge in [0.05, 0.1) is 6.85 Å². The van der Waals surface area contributed by atoms with E-state index in [1.54, 1.807) is 0 Å². The number of hydrogen-bond donors (Lipinski definition) is 0. The van der Waals surface area contributed by atoms with Gasteiger partial charge in [-0.2, -0.15) is 0 Å². The van der Waals surface area contributed by atoms with Crippen LogP contribution in [-0.2, 0) is 0 Å². The largest absolute Gasteiger partial charge is 0.311 e. The Bertz CT molecular complexity index is 2680. The van der Waals surface area contributed by atoms with Gasteiger partial charge in [0.2, 0.25) is 0 Å². The third kappa shape index (κ3) is 5.32. The number of nitrogens with zero attached hydrogens (tertiary/aromatic N) is 1. The summed E-state index contributed by atoms with van der Waals surface area (Å²) in [6.07, 6.45) is 4.40. The molecule has 0 atom stereocenters. The fourth-order valence-corrected chi connectivity index (χ4v) is 6.95. The quantitative estimate of drug-likeness (QED) is 0.170. The molecular formula is C48H33N. The zero-order chi connectivity index (χ0) is 36.9. The average molecular weight is 629 g/mol. The second kappa shape index (κ2) is 12.3. The minimum absolute atomic E-state index is 0.186. The van der Waals surface area contributed by atoms with Crippen LogP contribution in [0.3, 0.4) is 0 Å². The molecule has 8 aromatic rings. The lowest BCUT2D eigenvalue weighted by molar-refractivity contribution is 1.28. The van der Waals surface area contributed by atoms with Gasteiger partial charge in [-0.05, 0) is 103 Å². The van der Waals surface area contributed by atoms with Crippen LogP contribution in [-0.4, -0.2) is 0 Å². The summed E-state index contributed by atoms with van der Waals surface area (Å²) in [5.74, 6) is 0. The second-order valence-corrected chi connectivity index (χ2v) is 12.2. The van der Waals surface area contributed by atoms with Gasteiger partial charge in [-0.1, -0.05) is 164 Å². The molecular weight excluding hydrogens is 591 g/mol. The summed E-state index contributed by atoms with van der Waals surface area (Å²) in [4.78, 5) is 2.18. The molecule has 1 nitrogen and oxygen atoms in total. The van der Waals surface area contributed by atoms with Crippen molar-refractivity contribution in [1.29, 1.82) is 0 Å². The summed E-state index contributed by atoms with van der Waals surface area (Å²) in [5, 5.41) is 2.52. The summed E-state index contributed by atoms with van der Waals surface area (Å²) < 4.78 is 41.4. The maximum atomic E-state index is 8.51. The molecule has 0 unspecified atom stereocenters. The van der Waals surface area contributed by atoms with Crippen molar-refractivity contribution in [3.8, 4) is 44.5 Å². The van der Waals surface area contributed by atoms with Gasteiger partial charge >= 0.3 is 0 Å². The Morgan fingerprint density at radius 1 is 0.327 bits per heavy atom. The fourth-order valence-electron chi connectivity index (χ4n) is 6.95. The van der Waals surface area contributed by atoms with Gasteiger partial charge < -0.3 is 4.90 Å². The first-order valence-corrected chi connectivity index (χ1v) is 16.4. The summed E-state index contributed by atoms with van der Waals surface area (Å²) in [7, 11) is 0. The molecule has 1 aliphatic carbocycles. The van der Waals surface area contributed by atoms with E-state index >= 15 is 0 Å². The third-order valence-corrected chi connectivity index (χ3v) is 9.34. The first kappa shape index (κ1) is 23.8. The highest BCUT2D eigenvalue weighted by Gasteiger charge is 2.19. The molecule has 0 saturated heterocycles. The molecule has 0 spiro atoms. The Hall–Kier alpha value is -6.44. The second-order valence-electron chi connectivity index (χ2n) is 12.2. The smallest absolute Gasteiger partial charge is 0.0629 e. The van der Waals surface area contributed by atoms with Crippen LogP contribution >= 0.6 is 0 Å². The normalized spacial score (nSPS) is 13.0. The first-order chi connectivity index (χ1) is 26.4.